The van der Waals surface area contributed by atoms with Crippen molar-refractivity contribution >= 4 is 27.5 Å². The first-order valence-electron chi connectivity index (χ1n) is 9.04. The molecule has 0 saturated carbocycles. The number of benzene rings is 1. The zero-order valence-corrected chi connectivity index (χ0v) is 16.6. The number of fused-ring (bicyclic) bond motifs is 1. The van der Waals surface area contributed by atoms with Crippen molar-refractivity contribution < 1.29 is 22.7 Å². The predicted molar refractivity (Wildman–Crippen MR) is 100 cm³/mol. The molecule has 0 aromatic heterocycles. The molecule has 2 heterocycles. The van der Waals surface area contributed by atoms with Crippen LogP contribution in [0.5, 0.6) is 5.75 Å². The van der Waals surface area contributed by atoms with Crippen LogP contribution in [0.15, 0.2) is 23.1 Å². The molecule has 1 saturated heterocycles. The van der Waals surface area contributed by atoms with Gasteiger partial charge in [-0.2, -0.15) is 4.31 Å². The highest BCUT2D eigenvalue weighted by Crippen LogP contribution is 2.34. The van der Waals surface area contributed by atoms with Gasteiger partial charge in [-0.3, -0.25) is 9.59 Å². The van der Waals surface area contributed by atoms with Crippen LogP contribution in [0.4, 0.5) is 5.69 Å². The SMILES string of the molecule is CC(C)NC(=O)[C@@H]1CCCN(S(=O)(=O)c2ccc3c(c2)N(C)C(=O)CO3)C1. The summed E-state index contributed by atoms with van der Waals surface area (Å²) in [7, 11) is -2.18. The fraction of sp³-hybridized carbons (Fsp3) is 0.556. The molecule has 148 valence electrons. The Morgan fingerprint density at radius 3 is 2.78 bits per heavy atom. The molecule has 0 bridgehead atoms. The van der Waals surface area contributed by atoms with Crippen molar-refractivity contribution in [1.29, 1.82) is 0 Å². The molecule has 1 aromatic carbocycles. The number of anilines is 1. The van der Waals surface area contributed by atoms with Crippen molar-refractivity contribution in [2.75, 3.05) is 31.6 Å². The topological polar surface area (TPSA) is 96.0 Å². The monoisotopic (exact) mass is 395 g/mol. The van der Waals surface area contributed by atoms with Gasteiger partial charge in [-0.15, -0.1) is 0 Å². The average molecular weight is 395 g/mol. The molecule has 2 aliphatic heterocycles. The standard InChI is InChI=1S/C18H25N3O5S/c1-12(2)19-18(23)13-5-4-8-21(10-13)27(24,25)14-6-7-16-15(9-14)20(3)17(22)11-26-16/h6-7,9,12-13H,4-5,8,10-11H2,1-3H3,(H,19,23)/t13-/m1/s1. The maximum Gasteiger partial charge on any atom is 0.264 e. The second kappa shape index (κ2) is 7.47. The van der Waals surface area contributed by atoms with Gasteiger partial charge in [0.05, 0.1) is 16.5 Å². The first-order valence-corrected chi connectivity index (χ1v) is 10.5. The quantitative estimate of drug-likeness (QED) is 0.819. The van der Waals surface area contributed by atoms with E-state index in [4.69, 9.17) is 4.74 Å². The van der Waals surface area contributed by atoms with E-state index < -0.39 is 10.0 Å². The lowest BCUT2D eigenvalue weighted by molar-refractivity contribution is -0.126. The van der Waals surface area contributed by atoms with Gasteiger partial charge in [0.15, 0.2) is 6.61 Å². The minimum atomic E-state index is -3.77. The van der Waals surface area contributed by atoms with Crippen molar-refractivity contribution in [1.82, 2.24) is 9.62 Å². The molecular weight excluding hydrogens is 370 g/mol. The largest absolute Gasteiger partial charge is 0.482 e. The third-order valence-electron chi connectivity index (χ3n) is 4.84. The highest BCUT2D eigenvalue weighted by atomic mass is 32.2. The molecule has 1 fully saturated rings. The summed E-state index contributed by atoms with van der Waals surface area (Å²) >= 11 is 0. The van der Waals surface area contributed by atoms with Crippen LogP contribution in [0, 0.1) is 5.92 Å². The van der Waals surface area contributed by atoms with E-state index in [1.165, 1.54) is 21.3 Å². The summed E-state index contributed by atoms with van der Waals surface area (Å²) in [6.07, 6.45) is 1.29. The summed E-state index contributed by atoms with van der Waals surface area (Å²) in [6, 6.07) is 4.52. The molecule has 0 unspecified atom stereocenters. The van der Waals surface area contributed by atoms with Crippen LogP contribution in [0.2, 0.25) is 0 Å². The van der Waals surface area contributed by atoms with Gasteiger partial charge in [0.2, 0.25) is 15.9 Å². The Bertz CT molecular complexity index is 853. The number of hydrogen-bond acceptors (Lipinski definition) is 5. The number of hydrogen-bond donors (Lipinski definition) is 1. The molecule has 1 aromatic rings. The van der Waals surface area contributed by atoms with E-state index in [2.05, 4.69) is 5.32 Å². The van der Waals surface area contributed by atoms with Gasteiger partial charge in [-0.1, -0.05) is 0 Å². The Kier molecular flexibility index (Phi) is 5.43. The van der Waals surface area contributed by atoms with Gasteiger partial charge < -0.3 is 15.0 Å². The van der Waals surface area contributed by atoms with Crippen molar-refractivity contribution in [3.63, 3.8) is 0 Å². The van der Waals surface area contributed by atoms with Crippen molar-refractivity contribution in [2.24, 2.45) is 5.92 Å². The highest BCUT2D eigenvalue weighted by molar-refractivity contribution is 7.89. The third kappa shape index (κ3) is 3.93. The Labute approximate surface area is 159 Å². The average Bonchev–Trinajstić information content (AvgIpc) is 2.64. The maximum absolute atomic E-state index is 13.1. The number of carbonyl (C=O) groups is 2. The second-order valence-corrected chi connectivity index (χ2v) is 9.17. The summed E-state index contributed by atoms with van der Waals surface area (Å²) in [5.41, 5.74) is 0.429. The zero-order chi connectivity index (χ0) is 19.8. The van der Waals surface area contributed by atoms with Crippen LogP contribution in [-0.2, 0) is 19.6 Å². The number of nitrogens with zero attached hydrogens (tertiary/aromatic N) is 2. The number of piperidine rings is 1. The number of amides is 2. The van der Waals surface area contributed by atoms with E-state index in [0.29, 0.717) is 30.8 Å². The smallest absolute Gasteiger partial charge is 0.264 e. The van der Waals surface area contributed by atoms with Crippen LogP contribution in [0.25, 0.3) is 0 Å². The van der Waals surface area contributed by atoms with E-state index in [1.807, 2.05) is 13.8 Å². The molecule has 2 aliphatic rings. The molecule has 3 rings (SSSR count). The normalized spacial score (nSPS) is 21.0. The molecule has 8 nitrogen and oxygen atoms in total. The minimum Gasteiger partial charge on any atom is -0.482 e. The number of rotatable bonds is 4. The lowest BCUT2D eigenvalue weighted by Crippen LogP contribution is -2.46. The van der Waals surface area contributed by atoms with Crippen molar-refractivity contribution in [3.8, 4) is 5.75 Å². The fourth-order valence-electron chi connectivity index (χ4n) is 3.34. The van der Waals surface area contributed by atoms with E-state index in [0.717, 1.165) is 0 Å². The molecule has 9 heteroatoms. The third-order valence-corrected chi connectivity index (χ3v) is 6.70. The summed E-state index contributed by atoms with van der Waals surface area (Å²) < 4.78 is 32.9. The number of nitrogens with one attached hydrogen (secondary N) is 1. The number of ether oxygens (including phenoxy) is 1. The van der Waals surface area contributed by atoms with Gasteiger partial charge in [0.1, 0.15) is 5.75 Å². The molecule has 1 atom stereocenters. The molecular formula is C18H25N3O5S. The molecule has 27 heavy (non-hydrogen) atoms. The van der Waals surface area contributed by atoms with E-state index >= 15 is 0 Å². The first-order chi connectivity index (χ1) is 12.7. The molecule has 0 spiro atoms. The summed E-state index contributed by atoms with van der Waals surface area (Å²) in [4.78, 5) is 25.6. The van der Waals surface area contributed by atoms with Crippen LogP contribution in [0.1, 0.15) is 26.7 Å². The van der Waals surface area contributed by atoms with Gasteiger partial charge in [0, 0.05) is 26.2 Å². The van der Waals surface area contributed by atoms with E-state index in [9.17, 15) is 18.0 Å². The molecule has 0 radical (unpaired) electrons. The van der Waals surface area contributed by atoms with E-state index in [-0.39, 0.29) is 41.8 Å². The van der Waals surface area contributed by atoms with Crippen molar-refractivity contribution in [2.45, 2.75) is 37.6 Å². The lowest BCUT2D eigenvalue weighted by atomic mass is 9.98. The van der Waals surface area contributed by atoms with Gasteiger partial charge >= 0.3 is 0 Å². The predicted octanol–water partition coefficient (Wildman–Crippen LogP) is 0.967. The Hall–Kier alpha value is -2.13. The Morgan fingerprint density at radius 2 is 2.07 bits per heavy atom. The highest BCUT2D eigenvalue weighted by Gasteiger charge is 2.34. The van der Waals surface area contributed by atoms with Crippen molar-refractivity contribution in [3.05, 3.63) is 18.2 Å². The summed E-state index contributed by atoms with van der Waals surface area (Å²) in [5.74, 6) is -0.237. The Morgan fingerprint density at radius 1 is 1.33 bits per heavy atom. The minimum absolute atomic E-state index is 0.0122. The van der Waals surface area contributed by atoms with Gasteiger partial charge in [-0.05, 0) is 44.9 Å². The molecule has 2 amide bonds. The first kappa shape index (κ1) is 19.6. The summed E-state index contributed by atoms with van der Waals surface area (Å²) in [5, 5.41) is 2.85. The zero-order valence-electron chi connectivity index (χ0n) is 15.8. The van der Waals surface area contributed by atoms with Crippen LogP contribution in [0.3, 0.4) is 0 Å². The van der Waals surface area contributed by atoms with Crippen LogP contribution >= 0.6 is 0 Å². The molecule has 0 aliphatic carbocycles. The second-order valence-electron chi connectivity index (χ2n) is 7.24. The number of sulfonamides is 1. The van der Waals surface area contributed by atoms with Gasteiger partial charge in [-0.25, -0.2) is 8.42 Å². The molecule has 1 N–H and O–H groups in total. The lowest BCUT2D eigenvalue weighted by Gasteiger charge is -2.32. The number of carbonyl (C=O) groups excluding carboxylic acids is 2. The fourth-order valence-corrected chi connectivity index (χ4v) is 4.88. The maximum atomic E-state index is 13.1. The van der Waals surface area contributed by atoms with Gasteiger partial charge in [0.25, 0.3) is 5.91 Å². The Balaban J connectivity index is 1.84. The van der Waals surface area contributed by atoms with Crippen LogP contribution in [-0.4, -0.2) is 57.3 Å². The van der Waals surface area contributed by atoms with Crippen LogP contribution < -0.4 is 15.0 Å². The number of likely N-dealkylation sites (N-methyl/N-ethyl adjacent to an activating group) is 1. The van der Waals surface area contributed by atoms with E-state index in [1.54, 1.807) is 13.1 Å². The summed E-state index contributed by atoms with van der Waals surface area (Å²) in [6.45, 7) is 4.22.